The van der Waals surface area contributed by atoms with Gasteiger partial charge in [0.1, 0.15) is 23.9 Å². The van der Waals surface area contributed by atoms with Crippen molar-refractivity contribution in [2.45, 2.75) is 52.4 Å². The van der Waals surface area contributed by atoms with Crippen LogP contribution in [0.5, 0.6) is 17.2 Å². The maximum Gasteiger partial charge on any atom is 0.250 e. The van der Waals surface area contributed by atoms with E-state index >= 15 is 0 Å². The highest BCUT2D eigenvalue weighted by Crippen LogP contribution is 2.38. The van der Waals surface area contributed by atoms with Gasteiger partial charge in [0.2, 0.25) is 8.32 Å². The molecule has 33 heavy (non-hydrogen) atoms. The maximum atomic E-state index is 11.0. The molecule has 0 aromatic heterocycles. The number of rotatable bonds is 7. The summed E-state index contributed by atoms with van der Waals surface area (Å²) in [6.45, 7) is 13.5. The zero-order valence-corrected chi connectivity index (χ0v) is 21.8. The molecule has 0 amide bonds. The Hall–Kier alpha value is -2.76. The lowest BCUT2D eigenvalue weighted by molar-refractivity contribution is 0.112. The van der Waals surface area contributed by atoms with Gasteiger partial charge < -0.3 is 14.3 Å². The van der Waals surface area contributed by atoms with E-state index in [0.717, 1.165) is 28.0 Å². The van der Waals surface area contributed by atoms with E-state index < -0.39 is 8.32 Å². The van der Waals surface area contributed by atoms with Crippen LogP contribution in [-0.4, -0.2) is 19.7 Å². The van der Waals surface area contributed by atoms with Gasteiger partial charge in [-0.1, -0.05) is 62.7 Å². The molecule has 0 saturated carbocycles. The minimum Gasteiger partial charge on any atom is -0.543 e. The first-order chi connectivity index (χ1) is 15.4. The van der Waals surface area contributed by atoms with Crippen LogP contribution in [0, 0.1) is 6.92 Å². The minimum atomic E-state index is -1.94. The van der Waals surface area contributed by atoms with Crippen LogP contribution in [0.15, 0.2) is 54.6 Å². The molecule has 0 atom stereocenters. The van der Waals surface area contributed by atoms with Crippen LogP contribution < -0.4 is 9.16 Å². The van der Waals surface area contributed by atoms with Gasteiger partial charge in [-0.2, -0.15) is 0 Å². The lowest BCUT2D eigenvalue weighted by atomic mass is 9.96. The summed E-state index contributed by atoms with van der Waals surface area (Å²) in [7, 11) is -1.94. The van der Waals surface area contributed by atoms with E-state index in [1.165, 1.54) is 12.1 Å². The van der Waals surface area contributed by atoms with Crippen LogP contribution in [0.2, 0.25) is 23.2 Å². The van der Waals surface area contributed by atoms with E-state index in [1.807, 2.05) is 24.3 Å². The second-order valence-electron chi connectivity index (χ2n) is 9.73. The Labute approximate surface area is 202 Å². The Balaban J connectivity index is 1.85. The van der Waals surface area contributed by atoms with Gasteiger partial charge in [0, 0.05) is 6.07 Å². The number of aldehydes is 1. The van der Waals surface area contributed by atoms with Gasteiger partial charge >= 0.3 is 0 Å². The number of phenolic OH excluding ortho intramolecular Hbond substituents is 1. The SMILES string of the molecule is Cc1c(COc2cc(O)c(C=O)cc2Cl)cccc1-c1cccc(O[Si](C)(C)C(C)(C)C)c1. The van der Waals surface area contributed by atoms with Crippen molar-refractivity contribution in [3.05, 3.63) is 76.3 Å². The van der Waals surface area contributed by atoms with Crippen LogP contribution in [0.3, 0.4) is 0 Å². The smallest absolute Gasteiger partial charge is 0.250 e. The van der Waals surface area contributed by atoms with E-state index in [4.69, 9.17) is 20.8 Å². The quantitative estimate of drug-likeness (QED) is 0.275. The van der Waals surface area contributed by atoms with Crippen LogP contribution in [0.4, 0.5) is 0 Å². The number of hydrogen-bond acceptors (Lipinski definition) is 4. The number of hydrogen-bond donors (Lipinski definition) is 1. The highest BCUT2D eigenvalue weighted by atomic mass is 35.5. The molecule has 3 rings (SSSR count). The lowest BCUT2D eigenvalue weighted by Gasteiger charge is -2.36. The number of carbonyl (C=O) groups is 1. The predicted octanol–water partition coefficient (Wildman–Crippen LogP) is 7.80. The van der Waals surface area contributed by atoms with E-state index in [-0.39, 0.29) is 28.0 Å². The van der Waals surface area contributed by atoms with Crippen molar-refractivity contribution in [1.29, 1.82) is 0 Å². The molecule has 0 bridgehead atoms. The normalized spacial score (nSPS) is 11.8. The van der Waals surface area contributed by atoms with Crippen molar-refractivity contribution in [2.24, 2.45) is 0 Å². The predicted molar refractivity (Wildman–Crippen MR) is 137 cm³/mol. The molecule has 0 fully saturated rings. The summed E-state index contributed by atoms with van der Waals surface area (Å²) in [5.74, 6) is 1.06. The van der Waals surface area contributed by atoms with Crippen molar-refractivity contribution in [1.82, 2.24) is 0 Å². The third kappa shape index (κ3) is 5.60. The standard InChI is InChI=1S/C27H31ClO4Si/c1-18-20(17-31-26-15-25(30)21(16-29)14-24(26)28)10-8-12-23(18)19-9-7-11-22(13-19)32-33(5,6)27(2,3)4/h7-16,30H,17H2,1-6H3. The Morgan fingerprint density at radius 1 is 1.06 bits per heavy atom. The summed E-state index contributed by atoms with van der Waals surface area (Å²) in [6, 6.07) is 17.1. The van der Waals surface area contributed by atoms with Crippen LogP contribution in [-0.2, 0) is 6.61 Å². The zero-order chi connectivity index (χ0) is 24.4. The van der Waals surface area contributed by atoms with Crippen molar-refractivity contribution >= 4 is 26.2 Å². The second kappa shape index (κ2) is 9.62. The third-order valence-electron chi connectivity index (χ3n) is 6.36. The fourth-order valence-corrected chi connectivity index (χ4v) is 4.50. The van der Waals surface area contributed by atoms with Gasteiger partial charge in [-0.15, -0.1) is 0 Å². The molecule has 0 saturated heterocycles. The molecule has 3 aromatic carbocycles. The number of halogens is 1. The number of aromatic hydroxyl groups is 1. The van der Waals surface area contributed by atoms with Crippen molar-refractivity contribution < 1.29 is 19.1 Å². The maximum absolute atomic E-state index is 11.0. The summed E-state index contributed by atoms with van der Waals surface area (Å²) >= 11 is 6.21. The van der Waals surface area contributed by atoms with Gasteiger partial charge in [0.25, 0.3) is 0 Å². The molecule has 0 aliphatic carbocycles. The number of carbonyl (C=O) groups excluding carboxylic acids is 1. The molecule has 0 unspecified atom stereocenters. The molecule has 0 aliphatic rings. The molecule has 1 N–H and O–H groups in total. The first-order valence-corrected chi connectivity index (χ1v) is 14.2. The molecular weight excluding hydrogens is 452 g/mol. The largest absolute Gasteiger partial charge is 0.543 e. The Kier molecular flexibility index (Phi) is 7.25. The molecule has 0 radical (unpaired) electrons. The molecule has 174 valence electrons. The lowest BCUT2D eigenvalue weighted by Crippen LogP contribution is -2.43. The van der Waals surface area contributed by atoms with Crippen LogP contribution in [0.25, 0.3) is 11.1 Å². The topological polar surface area (TPSA) is 55.8 Å². The highest BCUT2D eigenvalue weighted by molar-refractivity contribution is 6.74. The van der Waals surface area contributed by atoms with Crippen LogP contribution in [0.1, 0.15) is 42.3 Å². The average molecular weight is 483 g/mol. The molecule has 3 aromatic rings. The third-order valence-corrected chi connectivity index (χ3v) is 11.0. The van der Waals surface area contributed by atoms with Crippen molar-refractivity contribution in [3.63, 3.8) is 0 Å². The van der Waals surface area contributed by atoms with Crippen molar-refractivity contribution in [3.8, 4) is 28.4 Å². The Morgan fingerprint density at radius 2 is 1.76 bits per heavy atom. The fraction of sp³-hybridized carbons (Fsp3) is 0.296. The molecular formula is C27H31ClO4Si. The van der Waals surface area contributed by atoms with Gasteiger partial charge in [-0.05, 0) is 65.5 Å². The molecule has 0 spiro atoms. The Bertz CT molecular complexity index is 1170. The summed E-state index contributed by atoms with van der Waals surface area (Å²) in [5, 5.41) is 10.3. The summed E-state index contributed by atoms with van der Waals surface area (Å²) in [5.41, 5.74) is 4.40. The van der Waals surface area contributed by atoms with E-state index in [1.54, 1.807) is 0 Å². The monoisotopic (exact) mass is 482 g/mol. The van der Waals surface area contributed by atoms with Gasteiger partial charge in [-0.3, -0.25) is 4.79 Å². The van der Waals surface area contributed by atoms with E-state index in [9.17, 15) is 9.90 Å². The van der Waals surface area contributed by atoms with E-state index in [0.29, 0.717) is 12.0 Å². The molecule has 4 nitrogen and oxygen atoms in total. The molecule has 0 heterocycles. The minimum absolute atomic E-state index is 0.121. The highest BCUT2D eigenvalue weighted by Gasteiger charge is 2.39. The van der Waals surface area contributed by atoms with Crippen LogP contribution >= 0.6 is 11.6 Å². The van der Waals surface area contributed by atoms with Gasteiger partial charge in [-0.25, -0.2) is 0 Å². The number of benzene rings is 3. The second-order valence-corrected chi connectivity index (χ2v) is 14.9. The zero-order valence-electron chi connectivity index (χ0n) is 20.0. The summed E-state index contributed by atoms with van der Waals surface area (Å²) in [6.07, 6.45) is 0.557. The molecule has 6 heteroatoms. The van der Waals surface area contributed by atoms with Gasteiger partial charge in [0.05, 0.1) is 10.6 Å². The van der Waals surface area contributed by atoms with Gasteiger partial charge in [0.15, 0.2) is 6.29 Å². The number of ether oxygens (including phenoxy) is 1. The Morgan fingerprint density at radius 3 is 2.42 bits per heavy atom. The first-order valence-electron chi connectivity index (χ1n) is 10.9. The summed E-state index contributed by atoms with van der Waals surface area (Å²) in [4.78, 5) is 11.0. The first kappa shape index (κ1) is 24.9. The average Bonchev–Trinajstić information content (AvgIpc) is 2.74. The molecule has 0 aliphatic heterocycles. The van der Waals surface area contributed by atoms with E-state index in [2.05, 4.69) is 59.0 Å². The summed E-state index contributed by atoms with van der Waals surface area (Å²) < 4.78 is 12.4. The van der Waals surface area contributed by atoms with Crippen molar-refractivity contribution in [2.75, 3.05) is 0 Å². The fourth-order valence-electron chi connectivity index (χ4n) is 3.25. The number of phenols is 1.